The molecule has 6 nitrogen and oxygen atoms in total. The average molecular weight is 376 g/mol. The topological polar surface area (TPSA) is 86.3 Å². The minimum atomic E-state index is -0.415. The van der Waals surface area contributed by atoms with Crippen LogP contribution in [0.25, 0.3) is 22.3 Å². The van der Waals surface area contributed by atoms with Crippen molar-refractivity contribution in [2.75, 3.05) is 0 Å². The molecule has 0 N–H and O–H groups in total. The molecule has 0 radical (unpaired) electrons. The molecular formula is C22H20N2O4. The molecule has 0 atom stereocenters. The number of nitro groups is 2. The highest BCUT2D eigenvalue weighted by molar-refractivity contribution is 5.75. The maximum absolute atomic E-state index is 10.9. The number of hydrogen-bond acceptors (Lipinski definition) is 4. The summed E-state index contributed by atoms with van der Waals surface area (Å²) < 4.78 is 0. The van der Waals surface area contributed by atoms with E-state index in [1.54, 1.807) is 24.3 Å². The molecule has 0 spiro atoms. The molecule has 0 saturated carbocycles. The van der Waals surface area contributed by atoms with Crippen molar-refractivity contribution < 1.29 is 9.85 Å². The Morgan fingerprint density at radius 2 is 1.07 bits per heavy atom. The van der Waals surface area contributed by atoms with Crippen LogP contribution < -0.4 is 0 Å². The first-order chi connectivity index (χ1) is 13.2. The van der Waals surface area contributed by atoms with Gasteiger partial charge in [0.1, 0.15) is 0 Å². The number of non-ortho nitro benzene ring substituents is 2. The van der Waals surface area contributed by atoms with E-state index in [-0.39, 0.29) is 16.8 Å². The lowest BCUT2D eigenvalue weighted by Gasteiger charge is -2.24. The van der Waals surface area contributed by atoms with Gasteiger partial charge in [-0.3, -0.25) is 20.2 Å². The molecule has 0 bridgehead atoms. The summed E-state index contributed by atoms with van der Waals surface area (Å²) in [5.74, 6) is 0. The van der Waals surface area contributed by atoms with E-state index >= 15 is 0 Å². The maximum Gasteiger partial charge on any atom is 0.269 e. The predicted octanol–water partition coefficient (Wildman–Crippen LogP) is 6.13. The van der Waals surface area contributed by atoms with Crippen molar-refractivity contribution in [3.8, 4) is 22.3 Å². The van der Waals surface area contributed by atoms with Gasteiger partial charge >= 0.3 is 0 Å². The molecule has 0 unspecified atom stereocenters. The summed E-state index contributed by atoms with van der Waals surface area (Å²) in [7, 11) is 0. The molecule has 3 rings (SSSR count). The van der Waals surface area contributed by atoms with Crippen molar-refractivity contribution in [3.05, 3.63) is 92.5 Å². The van der Waals surface area contributed by atoms with Gasteiger partial charge in [0.25, 0.3) is 11.4 Å². The van der Waals surface area contributed by atoms with E-state index in [0.717, 1.165) is 27.8 Å². The summed E-state index contributed by atoms with van der Waals surface area (Å²) in [5.41, 5.74) is 4.83. The molecule has 0 amide bonds. The number of rotatable bonds is 4. The van der Waals surface area contributed by atoms with Gasteiger partial charge < -0.3 is 0 Å². The third-order valence-electron chi connectivity index (χ3n) is 4.63. The monoisotopic (exact) mass is 376 g/mol. The van der Waals surface area contributed by atoms with Gasteiger partial charge in [0, 0.05) is 24.3 Å². The van der Waals surface area contributed by atoms with Gasteiger partial charge in [-0.15, -0.1) is 0 Å². The molecule has 0 aliphatic rings. The van der Waals surface area contributed by atoms with Crippen LogP contribution >= 0.6 is 0 Å². The summed E-state index contributed by atoms with van der Waals surface area (Å²) in [5, 5.41) is 21.8. The number of benzene rings is 3. The van der Waals surface area contributed by atoms with Crippen LogP contribution in [0, 0.1) is 20.2 Å². The minimum Gasteiger partial charge on any atom is -0.258 e. The van der Waals surface area contributed by atoms with Crippen LogP contribution in [-0.4, -0.2) is 9.85 Å². The van der Waals surface area contributed by atoms with Gasteiger partial charge in [-0.25, -0.2) is 0 Å². The molecule has 3 aromatic carbocycles. The zero-order valence-corrected chi connectivity index (χ0v) is 15.9. The maximum atomic E-state index is 10.9. The lowest BCUT2D eigenvalue weighted by atomic mass is 9.80. The molecule has 0 saturated heterocycles. The second-order valence-electron chi connectivity index (χ2n) is 7.62. The minimum absolute atomic E-state index is 0.0577. The molecular weight excluding hydrogens is 356 g/mol. The number of nitro benzene ring substituents is 2. The standard InChI is InChI=1S/C22H20N2O4/c1-22(2,3)21-14-17(15-4-9-18(10-5-15)23(25)26)8-13-20(21)16-6-11-19(12-7-16)24(27)28/h4-14H,1-3H3. The Morgan fingerprint density at radius 1 is 0.643 bits per heavy atom. The van der Waals surface area contributed by atoms with Crippen molar-refractivity contribution in [2.24, 2.45) is 0 Å². The fraction of sp³-hybridized carbons (Fsp3) is 0.182. The average Bonchev–Trinajstić information content (AvgIpc) is 2.67. The quantitative estimate of drug-likeness (QED) is 0.404. The van der Waals surface area contributed by atoms with Gasteiger partial charge in [0.15, 0.2) is 0 Å². The Kier molecular flexibility index (Phi) is 4.96. The lowest BCUT2D eigenvalue weighted by molar-refractivity contribution is -0.385. The summed E-state index contributed by atoms with van der Waals surface area (Å²) in [6.07, 6.45) is 0. The molecule has 0 aromatic heterocycles. The molecule has 142 valence electrons. The van der Waals surface area contributed by atoms with Crippen LogP contribution in [0.5, 0.6) is 0 Å². The Bertz CT molecular complexity index is 1030. The first-order valence-corrected chi connectivity index (χ1v) is 8.81. The fourth-order valence-electron chi connectivity index (χ4n) is 3.13. The van der Waals surface area contributed by atoms with Crippen molar-refractivity contribution in [1.29, 1.82) is 0 Å². The van der Waals surface area contributed by atoms with Crippen molar-refractivity contribution in [3.63, 3.8) is 0 Å². The van der Waals surface area contributed by atoms with Crippen molar-refractivity contribution in [1.82, 2.24) is 0 Å². The van der Waals surface area contributed by atoms with E-state index in [1.807, 2.05) is 12.1 Å². The van der Waals surface area contributed by atoms with E-state index in [1.165, 1.54) is 24.3 Å². The Labute approximate surface area is 162 Å². The van der Waals surface area contributed by atoms with Crippen molar-refractivity contribution >= 4 is 11.4 Å². The van der Waals surface area contributed by atoms with E-state index in [2.05, 4.69) is 26.8 Å². The predicted molar refractivity (Wildman–Crippen MR) is 109 cm³/mol. The summed E-state index contributed by atoms with van der Waals surface area (Å²) >= 11 is 0. The molecule has 28 heavy (non-hydrogen) atoms. The summed E-state index contributed by atoms with van der Waals surface area (Å²) in [4.78, 5) is 20.9. The lowest BCUT2D eigenvalue weighted by Crippen LogP contribution is -2.13. The fourth-order valence-corrected chi connectivity index (χ4v) is 3.13. The summed E-state index contributed by atoms with van der Waals surface area (Å²) in [6, 6.07) is 19.0. The third kappa shape index (κ3) is 3.91. The van der Waals surface area contributed by atoms with Gasteiger partial charge in [0.05, 0.1) is 9.85 Å². The second-order valence-corrected chi connectivity index (χ2v) is 7.62. The van der Waals surface area contributed by atoms with Crippen LogP contribution in [0.3, 0.4) is 0 Å². The zero-order chi connectivity index (χ0) is 20.5. The van der Waals surface area contributed by atoms with Gasteiger partial charge in [0.2, 0.25) is 0 Å². The normalized spacial score (nSPS) is 11.2. The van der Waals surface area contributed by atoms with Crippen LogP contribution in [0.4, 0.5) is 11.4 Å². The SMILES string of the molecule is CC(C)(C)c1cc(-c2ccc([N+](=O)[O-])cc2)ccc1-c1ccc([N+](=O)[O-])cc1. The first kappa shape index (κ1) is 19.2. The van der Waals surface area contributed by atoms with Crippen LogP contribution in [0.1, 0.15) is 26.3 Å². The number of nitrogens with zero attached hydrogens (tertiary/aromatic N) is 2. The van der Waals surface area contributed by atoms with Crippen LogP contribution in [0.15, 0.2) is 66.7 Å². The van der Waals surface area contributed by atoms with E-state index in [0.29, 0.717) is 0 Å². The zero-order valence-electron chi connectivity index (χ0n) is 15.9. The molecule has 6 heteroatoms. The summed E-state index contributed by atoms with van der Waals surface area (Å²) in [6.45, 7) is 6.32. The van der Waals surface area contributed by atoms with Crippen molar-refractivity contribution in [2.45, 2.75) is 26.2 Å². The number of hydrogen-bond donors (Lipinski definition) is 0. The molecule has 3 aromatic rings. The van der Waals surface area contributed by atoms with Crippen LogP contribution in [-0.2, 0) is 5.41 Å². The Morgan fingerprint density at radius 3 is 1.50 bits per heavy atom. The highest BCUT2D eigenvalue weighted by atomic mass is 16.6. The molecule has 0 fully saturated rings. The van der Waals surface area contributed by atoms with Gasteiger partial charge in [-0.1, -0.05) is 39.0 Å². The van der Waals surface area contributed by atoms with Crippen LogP contribution in [0.2, 0.25) is 0 Å². The van der Waals surface area contributed by atoms with Gasteiger partial charge in [-0.05, 0) is 57.5 Å². The van der Waals surface area contributed by atoms with E-state index in [4.69, 9.17) is 0 Å². The highest BCUT2D eigenvalue weighted by Gasteiger charge is 2.20. The molecule has 0 aliphatic heterocycles. The molecule has 0 aliphatic carbocycles. The smallest absolute Gasteiger partial charge is 0.258 e. The second kappa shape index (κ2) is 7.23. The Balaban J connectivity index is 2.07. The highest BCUT2D eigenvalue weighted by Crippen LogP contribution is 2.37. The van der Waals surface area contributed by atoms with E-state index < -0.39 is 9.85 Å². The van der Waals surface area contributed by atoms with Gasteiger partial charge in [-0.2, -0.15) is 0 Å². The third-order valence-corrected chi connectivity index (χ3v) is 4.63. The largest absolute Gasteiger partial charge is 0.269 e. The Hall–Kier alpha value is -3.54. The van der Waals surface area contributed by atoms with E-state index in [9.17, 15) is 20.2 Å². The molecule has 0 heterocycles. The first-order valence-electron chi connectivity index (χ1n) is 8.81.